The Morgan fingerprint density at radius 3 is 2.00 bits per heavy atom. The Morgan fingerprint density at radius 2 is 1.48 bits per heavy atom. The maximum absolute atomic E-state index is 12.2. The fourth-order valence-corrected chi connectivity index (χ4v) is 3.31. The van der Waals surface area contributed by atoms with Crippen molar-refractivity contribution in [2.24, 2.45) is 0 Å². The van der Waals surface area contributed by atoms with E-state index in [4.69, 9.17) is 0 Å². The molecule has 1 N–H and O–H groups in total. The molecule has 124 valence electrons. The average molecular weight is 332 g/mol. The van der Waals surface area contributed by atoms with Gasteiger partial charge in [-0.25, -0.2) is 13.1 Å². The third-order valence-electron chi connectivity index (χ3n) is 3.80. The molecule has 2 aromatic carbocycles. The van der Waals surface area contributed by atoms with Crippen molar-refractivity contribution < 1.29 is 8.42 Å². The fourth-order valence-electron chi connectivity index (χ4n) is 2.28. The summed E-state index contributed by atoms with van der Waals surface area (Å²) < 4.78 is 27.2. The minimum atomic E-state index is -3.44. The Kier molecular flexibility index (Phi) is 5.80. The lowest BCUT2D eigenvalue weighted by Gasteiger charge is -2.13. The summed E-state index contributed by atoms with van der Waals surface area (Å²) in [4.78, 5) is 2.35. The van der Waals surface area contributed by atoms with Crippen LogP contribution in [0.5, 0.6) is 0 Å². The number of rotatable bonds is 7. The molecule has 0 saturated carbocycles. The second-order valence-corrected chi connectivity index (χ2v) is 7.47. The van der Waals surface area contributed by atoms with E-state index in [0.717, 1.165) is 23.2 Å². The van der Waals surface area contributed by atoms with E-state index in [-0.39, 0.29) is 0 Å². The summed E-state index contributed by atoms with van der Waals surface area (Å²) in [5.74, 6) is 0. The van der Waals surface area contributed by atoms with E-state index in [1.54, 1.807) is 12.1 Å². The van der Waals surface area contributed by atoms with Crippen LogP contribution in [0, 0.1) is 0 Å². The highest BCUT2D eigenvalue weighted by molar-refractivity contribution is 7.89. The van der Waals surface area contributed by atoms with Gasteiger partial charge in [0.25, 0.3) is 0 Å². The Balaban J connectivity index is 1.93. The smallest absolute Gasteiger partial charge is 0.240 e. The number of nitrogens with zero attached hydrogens (tertiary/aromatic N) is 1. The molecule has 0 radical (unpaired) electrons. The van der Waals surface area contributed by atoms with Gasteiger partial charge in [0.2, 0.25) is 10.0 Å². The third kappa shape index (κ3) is 4.81. The van der Waals surface area contributed by atoms with Crippen molar-refractivity contribution in [1.29, 1.82) is 0 Å². The molecule has 0 spiro atoms. The van der Waals surface area contributed by atoms with E-state index in [9.17, 15) is 8.42 Å². The van der Waals surface area contributed by atoms with E-state index < -0.39 is 10.0 Å². The lowest BCUT2D eigenvalue weighted by Crippen LogP contribution is -2.26. The van der Waals surface area contributed by atoms with Crippen LogP contribution < -0.4 is 9.62 Å². The molecular formula is C18H24N2O2S. The van der Waals surface area contributed by atoms with Crippen molar-refractivity contribution >= 4 is 15.7 Å². The highest BCUT2D eigenvalue weighted by Gasteiger charge is 2.12. The summed E-state index contributed by atoms with van der Waals surface area (Å²) in [6, 6.07) is 15.2. The molecule has 0 aromatic heterocycles. The molecule has 23 heavy (non-hydrogen) atoms. The van der Waals surface area contributed by atoms with E-state index in [2.05, 4.69) is 4.72 Å². The Bertz CT molecular complexity index is 721. The molecule has 0 saturated heterocycles. The Labute approximate surface area is 139 Å². The monoisotopic (exact) mass is 332 g/mol. The molecule has 0 aliphatic rings. The second kappa shape index (κ2) is 7.62. The van der Waals surface area contributed by atoms with Gasteiger partial charge in [-0.15, -0.1) is 0 Å². The van der Waals surface area contributed by atoms with Crippen LogP contribution in [0.1, 0.15) is 18.1 Å². The minimum absolute atomic E-state index is 0.317. The molecule has 0 aliphatic heterocycles. The van der Waals surface area contributed by atoms with Gasteiger partial charge in [-0.1, -0.05) is 31.2 Å². The summed E-state index contributed by atoms with van der Waals surface area (Å²) >= 11 is 0. The van der Waals surface area contributed by atoms with Gasteiger partial charge >= 0.3 is 0 Å². The quantitative estimate of drug-likeness (QED) is 0.848. The number of aryl methyl sites for hydroxylation is 1. The molecule has 0 fully saturated rings. The molecule has 4 nitrogen and oxygen atoms in total. The first-order valence-corrected chi connectivity index (χ1v) is 9.25. The first kappa shape index (κ1) is 17.5. The summed E-state index contributed by atoms with van der Waals surface area (Å²) in [6.45, 7) is 2.43. The molecule has 0 heterocycles. The molecule has 0 bridgehead atoms. The van der Waals surface area contributed by atoms with Crippen LogP contribution in [0.4, 0.5) is 5.69 Å². The van der Waals surface area contributed by atoms with Crippen LogP contribution in [-0.4, -0.2) is 29.1 Å². The maximum Gasteiger partial charge on any atom is 0.240 e. The third-order valence-corrected chi connectivity index (χ3v) is 5.28. The standard InChI is InChI=1S/C18H24N2O2S/c1-4-15-7-11-18(12-8-15)23(21,22)19-14-13-16-5-9-17(10-6-16)20(2)3/h5-12,19H,4,13-14H2,1-3H3. The Morgan fingerprint density at radius 1 is 0.913 bits per heavy atom. The van der Waals surface area contributed by atoms with Crippen molar-refractivity contribution in [1.82, 2.24) is 4.72 Å². The molecule has 2 aromatic rings. The zero-order valence-electron chi connectivity index (χ0n) is 13.9. The maximum atomic E-state index is 12.2. The van der Waals surface area contributed by atoms with Gasteiger partial charge in [0.15, 0.2) is 0 Å². The largest absolute Gasteiger partial charge is 0.378 e. The molecular weight excluding hydrogens is 308 g/mol. The second-order valence-electron chi connectivity index (χ2n) is 5.71. The van der Waals surface area contributed by atoms with Crippen LogP contribution in [0.15, 0.2) is 53.4 Å². The number of anilines is 1. The van der Waals surface area contributed by atoms with Gasteiger partial charge < -0.3 is 4.90 Å². The highest BCUT2D eigenvalue weighted by atomic mass is 32.2. The van der Waals surface area contributed by atoms with Crippen molar-refractivity contribution in [3.05, 3.63) is 59.7 Å². The zero-order chi connectivity index (χ0) is 16.9. The van der Waals surface area contributed by atoms with E-state index in [1.165, 1.54) is 0 Å². The highest BCUT2D eigenvalue weighted by Crippen LogP contribution is 2.13. The van der Waals surface area contributed by atoms with E-state index in [1.807, 2.05) is 62.3 Å². The van der Waals surface area contributed by atoms with Gasteiger partial charge in [0.1, 0.15) is 0 Å². The molecule has 0 atom stereocenters. The molecule has 0 unspecified atom stereocenters. The van der Waals surface area contributed by atoms with Gasteiger partial charge in [-0.3, -0.25) is 0 Å². The number of hydrogen-bond acceptors (Lipinski definition) is 3. The molecule has 0 amide bonds. The number of sulfonamides is 1. The van der Waals surface area contributed by atoms with Gasteiger partial charge in [0.05, 0.1) is 4.90 Å². The van der Waals surface area contributed by atoms with Crippen molar-refractivity contribution in [2.75, 3.05) is 25.5 Å². The predicted molar refractivity (Wildman–Crippen MR) is 95.5 cm³/mol. The zero-order valence-corrected chi connectivity index (χ0v) is 14.7. The first-order chi connectivity index (χ1) is 10.9. The van der Waals surface area contributed by atoms with E-state index in [0.29, 0.717) is 17.9 Å². The van der Waals surface area contributed by atoms with Crippen LogP contribution in [0.3, 0.4) is 0 Å². The molecule has 2 rings (SSSR count). The van der Waals surface area contributed by atoms with Gasteiger partial charge in [-0.2, -0.15) is 0 Å². The number of benzene rings is 2. The van der Waals surface area contributed by atoms with Crippen molar-refractivity contribution in [3.63, 3.8) is 0 Å². The minimum Gasteiger partial charge on any atom is -0.378 e. The fraction of sp³-hybridized carbons (Fsp3) is 0.333. The normalized spacial score (nSPS) is 11.4. The van der Waals surface area contributed by atoms with Crippen LogP contribution in [-0.2, 0) is 22.9 Å². The average Bonchev–Trinajstić information content (AvgIpc) is 2.55. The van der Waals surface area contributed by atoms with Gasteiger partial charge in [0, 0.05) is 26.3 Å². The lowest BCUT2D eigenvalue weighted by molar-refractivity contribution is 0.581. The topological polar surface area (TPSA) is 49.4 Å². The van der Waals surface area contributed by atoms with Gasteiger partial charge in [-0.05, 0) is 48.2 Å². The number of nitrogens with one attached hydrogen (secondary N) is 1. The summed E-state index contributed by atoms with van der Waals surface area (Å²) in [6.07, 6.45) is 1.57. The van der Waals surface area contributed by atoms with E-state index >= 15 is 0 Å². The predicted octanol–water partition coefficient (Wildman–Crippen LogP) is 2.84. The first-order valence-electron chi connectivity index (χ1n) is 7.77. The lowest BCUT2D eigenvalue weighted by atomic mass is 10.1. The van der Waals surface area contributed by atoms with Crippen LogP contribution in [0.25, 0.3) is 0 Å². The van der Waals surface area contributed by atoms with Crippen molar-refractivity contribution in [3.8, 4) is 0 Å². The van der Waals surface area contributed by atoms with Crippen molar-refractivity contribution in [2.45, 2.75) is 24.7 Å². The van der Waals surface area contributed by atoms with Crippen LogP contribution in [0.2, 0.25) is 0 Å². The Hall–Kier alpha value is -1.85. The SMILES string of the molecule is CCc1ccc(S(=O)(=O)NCCc2ccc(N(C)C)cc2)cc1. The molecule has 5 heteroatoms. The summed E-state index contributed by atoms with van der Waals surface area (Å²) in [7, 11) is 0.551. The summed E-state index contributed by atoms with van der Waals surface area (Å²) in [5.41, 5.74) is 3.37. The van der Waals surface area contributed by atoms with Crippen LogP contribution >= 0.6 is 0 Å². The number of hydrogen-bond donors (Lipinski definition) is 1. The molecule has 0 aliphatic carbocycles. The summed E-state index contributed by atoms with van der Waals surface area (Å²) in [5, 5.41) is 0.